The lowest BCUT2D eigenvalue weighted by atomic mass is 9.87. The fourth-order valence-corrected chi connectivity index (χ4v) is 7.28. The van der Waals surface area contributed by atoms with Crippen LogP contribution in [0.4, 0.5) is 0 Å². The van der Waals surface area contributed by atoms with Gasteiger partial charge in [0.05, 0.1) is 11.1 Å². The molecule has 2 fully saturated rings. The first-order chi connectivity index (χ1) is 29.6. The molecule has 0 bridgehead atoms. The molecule has 0 aromatic heterocycles. The molecule has 3 aliphatic rings. The summed E-state index contributed by atoms with van der Waals surface area (Å²) in [5, 5.41) is 117. The van der Waals surface area contributed by atoms with Crippen molar-refractivity contribution in [2.75, 3.05) is 13.2 Å². The van der Waals surface area contributed by atoms with Crippen LogP contribution in [-0.4, -0.2) is 143 Å². The summed E-state index contributed by atoms with van der Waals surface area (Å²) in [6, 6.07) is 17.0. The molecule has 3 aliphatic heterocycles. The minimum atomic E-state index is -1.92. The third-order valence-corrected chi connectivity index (χ3v) is 10.5. The van der Waals surface area contributed by atoms with E-state index in [0.29, 0.717) is 0 Å². The zero-order valence-corrected chi connectivity index (χ0v) is 31.8. The Bertz CT molecular complexity index is 2530. The highest BCUT2D eigenvalue weighted by Crippen LogP contribution is 2.54. The van der Waals surface area contributed by atoms with Gasteiger partial charge in [-0.05, 0) is 47.9 Å². The molecule has 326 valence electrons. The highest BCUT2D eigenvalue weighted by atomic mass is 16.7. The fourth-order valence-electron chi connectivity index (χ4n) is 7.28. The molecule has 20 nitrogen and oxygen atoms in total. The van der Waals surface area contributed by atoms with E-state index in [0.717, 1.165) is 12.1 Å². The van der Waals surface area contributed by atoms with Crippen molar-refractivity contribution in [3.63, 3.8) is 0 Å². The molecule has 0 spiro atoms. The van der Waals surface area contributed by atoms with E-state index < -0.39 is 115 Å². The van der Waals surface area contributed by atoms with E-state index in [9.17, 15) is 65.8 Å². The number of carbonyl (C=O) groups excluding carboxylic acids is 2. The summed E-state index contributed by atoms with van der Waals surface area (Å²) >= 11 is 0. The predicted molar refractivity (Wildman–Crippen MR) is 206 cm³/mol. The zero-order chi connectivity index (χ0) is 44.1. The Labute approximate surface area is 348 Å². The number of fused-ring (bicyclic) bond motifs is 2. The van der Waals surface area contributed by atoms with Crippen LogP contribution in [0.3, 0.4) is 0 Å². The number of phenols is 5. The second-order valence-electron chi connectivity index (χ2n) is 14.5. The molecule has 2 saturated heterocycles. The first-order valence-electron chi connectivity index (χ1n) is 18.8. The number of benzene rings is 5. The van der Waals surface area contributed by atoms with Gasteiger partial charge in [-0.15, -0.1) is 0 Å². The molecule has 8 rings (SSSR count). The van der Waals surface area contributed by atoms with Gasteiger partial charge >= 0.3 is 11.9 Å². The van der Waals surface area contributed by atoms with Gasteiger partial charge in [-0.1, -0.05) is 30.3 Å². The number of carbonyl (C=O) groups is 2. The molecule has 10 atom stereocenters. The Balaban J connectivity index is 1.13. The van der Waals surface area contributed by atoms with Crippen LogP contribution in [0.1, 0.15) is 20.7 Å². The Hall–Kier alpha value is -6.62. The summed E-state index contributed by atoms with van der Waals surface area (Å²) in [7, 11) is 0. The number of para-hydroxylation sites is 4. The number of aliphatic hydroxyl groups excluding tert-OH is 6. The van der Waals surface area contributed by atoms with Crippen LogP contribution in [0.15, 0.2) is 78.9 Å². The maximum atomic E-state index is 14.4. The van der Waals surface area contributed by atoms with E-state index in [2.05, 4.69) is 0 Å². The molecule has 11 N–H and O–H groups in total. The van der Waals surface area contributed by atoms with E-state index in [-0.39, 0.29) is 56.4 Å². The average molecular weight is 863 g/mol. The molecular weight excluding hydrogens is 824 g/mol. The SMILES string of the molecule is O=C(OC[C@H]1O[C@@H](Oc2ccccc2O)[C@H](O)[C@@H](O)[C@@H]1O)c1cc2ccc(O)c3c2c(c1C(=O)OC[C@H]1O[C@@H](Oc2ccccc2O)[C@H](O)[C@@H](O)[C@@H]1O)-c1cc(O)c(O)cc1O3. The van der Waals surface area contributed by atoms with E-state index in [1.54, 1.807) is 0 Å². The number of hydrogen-bond donors (Lipinski definition) is 11. The molecule has 20 heteroatoms. The highest BCUT2D eigenvalue weighted by Gasteiger charge is 2.47. The van der Waals surface area contributed by atoms with Gasteiger partial charge in [0.25, 0.3) is 0 Å². The number of rotatable bonds is 10. The minimum Gasteiger partial charge on any atom is -0.504 e. The van der Waals surface area contributed by atoms with Gasteiger partial charge in [-0.2, -0.15) is 0 Å². The summed E-state index contributed by atoms with van der Waals surface area (Å²) in [4.78, 5) is 28.7. The summed E-state index contributed by atoms with van der Waals surface area (Å²) in [5.41, 5.74) is -1.37. The van der Waals surface area contributed by atoms with Gasteiger partial charge in [0.15, 0.2) is 46.0 Å². The number of aliphatic hydroxyl groups is 6. The third kappa shape index (κ3) is 7.65. The number of phenolic OH excluding ortho intramolecular Hbond substituents is 5. The van der Waals surface area contributed by atoms with Crippen molar-refractivity contribution in [3.05, 3.63) is 90.0 Å². The monoisotopic (exact) mass is 862 g/mol. The Kier molecular flexibility index (Phi) is 11.3. The number of ether oxygens (including phenoxy) is 7. The maximum absolute atomic E-state index is 14.4. The molecule has 5 aromatic carbocycles. The largest absolute Gasteiger partial charge is 0.504 e. The Morgan fingerprint density at radius 2 is 1.06 bits per heavy atom. The van der Waals surface area contributed by atoms with Crippen molar-refractivity contribution in [3.8, 4) is 62.9 Å². The maximum Gasteiger partial charge on any atom is 0.339 e. The van der Waals surface area contributed by atoms with Gasteiger partial charge in [0, 0.05) is 22.6 Å². The molecule has 0 amide bonds. The lowest BCUT2D eigenvalue weighted by Crippen LogP contribution is -2.60. The van der Waals surface area contributed by atoms with Crippen LogP contribution >= 0.6 is 0 Å². The molecule has 0 aliphatic carbocycles. The number of aromatic hydroxyl groups is 5. The number of hydrogen-bond acceptors (Lipinski definition) is 20. The lowest BCUT2D eigenvalue weighted by Gasteiger charge is -2.40. The minimum absolute atomic E-state index is 0.0296. The lowest BCUT2D eigenvalue weighted by molar-refractivity contribution is -0.277. The van der Waals surface area contributed by atoms with Crippen LogP contribution in [0.2, 0.25) is 0 Å². The van der Waals surface area contributed by atoms with Gasteiger partial charge in [0.2, 0.25) is 12.6 Å². The summed E-state index contributed by atoms with van der Waals surface area (Å²) in [5.74, 6) is -5.73. The highest BCUT2D eigenvalue weighted by molar-refractivity contribution is 6.18. The first kappa shape index (κ1) is 42.1. The van der Waals surface area contributed by atoms with Crippen molar-refractivity contribution in [2.45, 2.75) is 61.4 Å². The zero-order valence-electron chi connectivity index (χ0n) is 31.8. The Morgan fingerprint density at radius 1 is 0.548 bits per heavy atom. The van der Waals surface area contributed by atoms with Gasteiger partial charge in [-0.3, -0.25) is 0 Å². The molecule has 0 radical (unpaired) electrons. The molecule has 5 aromatic rings. The second-order valence-corrected chi connectivity index (χ2v) is 14.5. The molecule has 0 unspecified atom stereocenters. The van der Waals surface area contributed by atoms with Crippen LogP contribution < -0.4 is 14.2 Å². The van der Waals surface area contributed by atoms with E-state index >= 15 is 0 Å². The van der Waals surface area contributed by atoms with Crippen LogP contribution in [0.5, 0.6) is 51.7 Å². The third-order valence-electron chi connectivity index (χ3n) is 10.5. The van der Waals surface area contributed by atoms with Crippen molar-refractivity contribution in [2.24, 2.45) is 0 Å². The summed E-state index contributed by atoms with van der Waals surface area (Å²) in [6.45, 7) is -1.70. The van der Waals surface area contributed by atoms with Gasteiger partial charge < -0.3 is 89.3 Å². The van der Waals surface area contributed by atoms with Gasteiger partial charge in [-0.25, -0.2) is 9.59 Å². The van der Waals surface area contributed by atoms with Crippen molar-refractivity contribution in [1.29, 1.82) is 0 Å². The average Bonchev–Trinajstić information content (AvgIpc) is 3.25. The number of esters is 2. The normalized spacial score (nSPS) is 26.5. The van der Waals surface area contributed by atoms with E-state index in [1.807, 2.05) is 0 Å². The summed E-state index contributed by atoms with van der Waals surface area (Å²) < 4.78 is 39.4. The van der Waals surface area contributed by atoms with E-state index in [4.69, 9.17) is 33.2 Å². The molecule has 62 heavy (non-hydrogen) atoms. The standard InChI is InChI=1S/C42H38O20/c43-19-5-1-3-7-24(19)59-41-36(52)34(50)32(48)27(61-41)14-56-39(54)18-11-16-9-10-21(45)38-29(16)30(17-12-22(46)23(47)13-26(17)58-38)31(18)40(55)57-15-28-33(49)35(51)37(53)42(62-28)60-25-8-4-2-6-20(25)44/h1-13,27-28,32-37,41-53H,14-15H2/t27-,28-,32-,33-,34+,35+,36-,37-,41-,42-/m1/s1. The van der Waals surface area contributed by atoms with Gasteiger partial charge in [0.1, 0.15) is 67.8 Å². The smallest absolute Gasteiger partial charge is 0.339 e. The molecule has 0 saturated carbocycles. The Morgan fingerprint density at radius 3 is 1.61 bits per heavy atom. The fraction of sp³-hybridized carbons (Fsp3) is 0.286. The van der Waals surface area contributed by atoms with Crippen molar-refractivity contribution in [1.82, 2.24) is 0 Å². The van der Waals surface area contributed by atoms with Crippen molar-refractivity contribution >= 4 is 22.7 Å². The summed E-state index contributed by atoms with van der Waals surface area (Å²) in [6.07, 6.45) is -17.8. The van der Waals surface area contributed by atoms with Crippen molar-refractivity contribution < 1.29 is 98.9 Å². The molecule has 3 heterocycles. The quantitative estimate of drug-likeness (QED) is 0.0681. The molecular formula is C42H38O20. The van der Waals surface area contributed by atoms with Crippen LogP contribution in [-0.2, 0) is 18.9 Å². The van der Waals surface area contributed by atoms with Crippen LogP contribution in [0.25, 0.3) is 21.9 Å². The topological polar surface area (TPSA) is 321 Å². The second kappa shape index (κ2) is 16.7. The first-order valence-corrected chi connectivity index (χ1v) is 18.8. The predicted octanol–water partition coefficient (Wildman–Crippen LogP) is 1.23. The van der Waals surface area contributed by atoms with E-state index in [1.165, 1.54) is 66.7 Å². The van der Waals surface area contributed by atoms with Crippen LogP contribution in [0, 0.1) is 0 Å².